The van der Waals surface area contributed by atoms with Gasteiger partial charge in [-0.05, 0) is 66.3 Å². The largest absolute Gasteiger partial charge is 0.455 e. The number of aromatic nitrogens is 1. The minimum Gasteiger partial charge on any atom is -0.455 e. The number of hydrogen-bond donors (Lipinski definition) is 4. The molecule has 0 saturated heterocycles. The molecule has 3 aromatic rings. The van der Waals surface area contributed by atoms with Crippen LogP contribution in [0, 0.1) is 0 Å². The SMILES string of the molecule is N[C@H](CO)c1cc(C(=O)NC2CCc3ccc(Oc4ccnc5c4NCC(=O)C5)cc3C2)cc(C(F)(F)F)c1. The highest BCUT2D eigenvalue weighted by molar-refractivity contribution is 5.95. The standard InChI is InChI=1S/C28H27F3N4O4/c29-28(30,31)19-8-17(23(32)14-36)7-18(9-19)27(38)35-20-3-1-15-2-4-22(11-16(15)10-20)39-25-5-6-33-24-12-21(37)13-34-26(24)25/h2,4-9,11,20,23,34,36H,1,3,10,12-14,32H2,(H,35,38)/t20?,23-/m1/s1. The number of amides is 1. The van der Waals surface area contributed by atoms with Crippen molar-refractivity contribution in [3.63, 3.8) is 0 Å². The molecule has 0 spiro atoms. The van der Waals surface area contributed by atoms with Gasteiger partial charge < -0.3 is 26.2 Å². The van der Waals surface area contributed by atoms with Gasteiger partial charge in [-0.2, -0.15) is 13.2 Å². The second-order valence-electron chi connectivity index (χ2n) is 9.78. The summed E-state index contributed by atoms with van der Waals surface area (Å²) >= 11 is 0. The number of hydrogen-bond acceptors (Lipinski definition) is 7. The number of benzene rings is 2. The van der Waals surface area contributed by atoms with Gasteiger partial charge in [0.1, 0.15) is 11.4 Å². The van der Waals surface area contributed by atoms with Gasteiger partial charge in [-0.1, -0.05) is 6.07 Å². The smallest absolute Gasteiger partial charge is 0.416 e. The number of halogens is 3. The number of pyridine rings is 1. The van der Waals surface area contributed by atoms with Crippen molar-refractivity contribution in [1.29, 1.82) is 0 Å². The quantitative estimate of drug-likeness (QED) is 0.376. The van der Waals surface area contributed by atoms with Crippen LogP contribution in [-0.4, -0.2) is 41.0 Å². The molecular formula is C28H27F3N4O4. The van der Waals surface area contributed by atoms with Crippen LogP contribution in [0.2, 0.25) is 0 Å². The van der Waals surface area contributed by atoms with Gasteiger partial charge in [0.15, 0.2) is 11.5 Å². The predicted octanol–water partition coefficient (Wildman–Crippen LogP) is 3.71. The van der Waals surface area contributed by atoms with Crippen molar-refractivity contribution in [2.45, 2.75) is 43.9 Å². The van der Waals surface area contributed by atoms with E-state index in [1.165, 1.54) is 6.07 Å². The van der Waals surface area contributed by atoms with Crippen LogP contribution in [0.3, 0.4) is 0 Å². The molecule has 204 valence electrons. The monoisotopic (exact) mass is 540 g/mol. The topological polar surface area (TPSA) is 127 Å². The maximum Gasteiger partial charge on any atom is 0.416 e. The number of rotatable bonds is 6. The Balaban J connectivity index is 1.32. The van der Waals surface area contributed by atoms with E-state index in [2.05, 4.69) is 15.6 Å². The Labute approximate surface area is 222 Å². The Morgan fingerprint density at radius 1 is 1.21 bits per heavy atom. The summed E-state index contributed by atoms with van der Waals surface area (Å²) in [5, 5.41) is 15.2. The van der Waals surface area contributed by atoms with Crippen LogP contribution in [-0.2, 0) is 30.2 Å². The number of fused-ring (bicyclic) bond motifs is 2. The number of aryl methyl sites for hydroxylation is 1. The van der Waals surface area contributed by atoms with E-state index >= 15 is 0 Å². The molecule has 1 aromatic heterocycles. The van der Waals surface area contributed by atoms with Gasteiger partial charge in [-0.25, -0.2) is 0 Å². The predicted molar refractivity (Wildman–Crippen MR) is 137 cm³/mol. The van der Waals surface area contributed by atoms with Crippen molar-refractivity contribution < 1.29 is 32.6 Å². The van der Waals surface area contributed by atoms with Gasteiger partial charge in [0.05, 0.1) is 36.9 Å². The molecule has 0 saturated carbocycles. The number of Topliss-reactive ketones (excluding diaryl/α,β-unsaturated/α-hetero) is 1. The van der Waals surface area contributed by atoms with Crippen molar-refractivity contribution in [3.05, 3.63) is 82.2 Å². The summed E-state index contributed by atoms with van der Waals surface area (Å²) in [6.07, 6.45) is -1.06. The molecule has 0 bridgehead atoms. The summed E-state index contributed by atoms with van der Waals surface area (Å²) in [5.74, 6) is 0.534. The van der Waals surface area contributed by atoms with Gasteiger partial charge >= 0.3 is 6.18 Å². The maximum absolute atomic E-state index is 13.4. The van der Waals surface area contributed by atoms with E-state index < -0.39 is 30.3 Å². The summed E-state index contributed by atoms with van der Waals surface area (Å²) in [6, 6.07) is 9.01. The maximum atomic E-state index is 13.4. The van der Waals surface area contributed by atoms with Gasteiger partial charge in [-0.15, -0.1) is 0 Å². The zero-order valence-corrected chi connectivity index (χ0v) is 20.8. The minimum atomic E-state index is -4.67. The first kappa shape index (κ1) is 26.6. The molecule has 1 unspecified atom stereocenters. The summed E-state index contributed by atoms with van der Waals surface area (Å²) in [6.45, 7) is -0.345. The van der Waals surface area contributed by atoms with E-state index in [-0.39, 0.29) is 35.9 Å². The van der Waals surface area contributed by atoms with Crippen LogP contribution in [0.1, 0.15) is 50.8 Å². The number of carbonyl (C=O) groups is 2. The average molecular weight is 541 g/mol. The van der Waals surface area contributed by atoms with E-state index in [0.29, 0.717) is 42.1 Å². The van der Waals surface area contributed by atoms with Crippen LogP contribution < -0.4 is 21.1 Å². The summed E-state index contributed by atoms with van der Waals surface area (Å²) < 4.78 is 46.4. The van der Waals surface area contributed by atoms with Crippen molar-refractivity contribution in [2.75, 3.05) is 18.5 Å². The molecule has 0 fully saturated rings. The number of ether oxygens (including phenoxy) is 1. The molecule has 2 atom stereocenters. The fraction of sp³-hybridized carbons (Fsp3) is 0.321. The van der Waals surface area contributed by atoms with Crippen LogP contribution in [0.4, 0.5) is 18.9 Å². The van der Waals surface area contributed by atoms with Crippen LogP contribution in [0.15, 0.2) is 48.7 Å². The Hall–Kier alpha value is -3.96. The highest BCUT2D eigenvalue weighted by Crippen LogP contribution is 2.35. The Morgan fingerprint density at radius 3 is 2.79 bits per heavy atom. The molecule has 1 aliphatic heterocycles. The number of ketones is 1. The number of aliphatic hydroxyl groups excluding tert-OH is 1. The van der Waals surface area contributed by atoms with Gasteiger partial charge in [-0.3, -0.25) is 14.6 Å². The lowest BCUT2D eigenvalue weighted by molar-refractivity contribution is -0.137. The molecule has 2 aliphatic rings. The average Bonchev–Trinajstić information content (AvgIpc) is 2.91. The molecule has 11 heteroatoms. The first-order valence-electron chi connectivity index (χ1n) is 12.5. The zero-order chi connectivity index (χ0) is 27.7. The molecule has 8 nitrogen and oxygen atoms in total. The summed E-state index contributed by atoms with van der Waals surface area (Å²) in [5.41, 5.74) is 7.98. The normalized spacial score (nSPS) is 17.5. The zero-order valence-electron chi connectivity index (χ0n) is 20.8. The number of nitrogens with one attached hydrogen (secondary N) is 2. The van der Waals surface area contributed by atoms with Crippen molar-refractivity contribution >= 4 is 17.4 Å². The molecule has 0 radical (unpaired) electrons. The molecule has 5 rings (SSSR count). The minimum absolute atomic E-state index is 0.0328. The Kier molecular flexibility index (Phi) is 7.28. The van der Waals surface area contributed by atoms with E-state index in [1.807, 2.05) is 18.2 Å². The Morgan fingerprint density at radius 2 is 2.03 bits per heavy atom. The van der Waals surface area contributed by atoms with Crippen molar-refractivity contribution in [3.8, 4) is 11.5 Å². The molecule has 1 amide bonds. The van der Waals surface area contributed by atoms with Gasteiger partial charge in [0.25, 0.3) is 5.91 Å². The second-order valence-corrected chi connectivity index (χ2v) is 9.78. The summed E-state index contributed by atoms with van der Waals surface area (Å²) in [4.78, 5) is 29.0. The highest BCUT2D eigenvalue weighted by Gasteiger charge is 2.33. The van der Waals surface area contributed by atoms with Crippen molar-refractivity contribution in [1.82, 2.24) is 10.3 Å². The first-order chi connectivity index (χ1) is 18.6. The van der Waals surface area contributed by atoms with Gasteiger partial charge in [0, 0.05) is 23.9 Å². The molecular weight excluding hydrogens is 513 g/mol. The lowest BCUT2D eigenvalue weighted by atomic mass is 9.88. The van der Waals surface area contributed by atoms with Crippen LogP contribution in [0.25, 0.3) is 0 Å². The lowest BCUT2D eigenvalue weighted by Gasteiger charge is -2.26. The van der Waals surface area contributed by atoms with Gasteiger partial charge in [0.2, 0.25) is 0 Å². The van der Waals surface area contributed by atoms with Crippen LogP contribution >= 0.6 is 0 Å². The van der Waals surface area contributed by atoms with E-state index in [1.54, 1.807) is 12.3 Å². The molecule has 1 aliphatic carbocycles. The number of nitrogens with two attached hydrogens (primary N) is 1. The second kappa shape index (κ2) is 10.7. The third kappa shape index (κ3) is 5.89. The fourth-order valence-corrected chi connectivity index (χ4v) is 4.91. The highest BCUT2D eigenvalue weighted by atomic mass is 19.4. The summed E-state index contributed by atoms with van der Waals surface area (Å²) in [7, 11) is 0. The fourth-order valence-electron chi connectivity index (χ4n) is 4.91. The number of alkyl halides is 3. The van der Waals surface area contributed by atoms with E-state index in [4.69, 9.17) is 10.5 Å². The third-order valence-electron chi connectivity index (χ3n) is 6.96. The van der Waals surface area contributed by atoms with Crippen molar-refractivity contribution in [2.24, 2.45) is 5.73 Å². The molecule has 5 N–H and O–H groups in total. The van der Waals surface area contributed by atoms with E-state index in [0.717, 1.165) is 23.3 Å². The number of anilines is 1. The lowest BCUT2D eigenvalue weighted by Crippen LogP contribution is -2.39. The number of nitrogens with zero attached hydrogens (tertiary/aromatic N) is 1. The van der Waals surface area contributed by atoms with E-state index in [9.17, 15) is 27.9 Å². The number of carbonyl (C=O) groups excluding carboxylic acids is 2. The number of aliphatic hydroxyl groups is 1. The molecule has 39 heavy (non-hydrogen) atoms. The third-order valence-corrected chi connectivity index (χ3v) is 6.96. The molecule has 2 heterocycles. The molecule has 2 aromatic carbocycles. The first-order valence-corrected chi connectivity index (χ1v) is 12.5. The Bertz CT molecular complexity index is 1430. The van der Waals surface area contributed by atoms with Crippen LogP contribution in [0.5, 0.6) is 11.5 Å².